The van der Waals surface area contributed by atoms with Gasteiger partial charge in [-0.15, -0.1) is 6.58 Å². The fourth-order valence-electron chi connectivity index (χ4n) is 1.12. The van der Waals surface area contributed by atoms with E-state index in [1.165, 1.54) is 0 Å². The molecule has 0 heterocycles. The van der Waals surface area contributed by atoms with E-state index in [0.717, 1.165) is 12.8 Å². The van der Waals surface area contributed by atoms with Gasteiger partial charge in [0.05, 0.1) is 6.10 Å². The van der Waals surface area contributed by atoms with Crippen LogP contribution in [0.25, 0.3) is 0 Å². The average Bonchev–Trinajstić information content (AvgIpc) is 2.18. The molecule has 1 aliphatic carbocycles. The van der Waals surface area contributed by atoms with Crippen LogP contribution >= 0.6 is 0 Å². The first-order valence-corrected chi connectivity index (χ1v) is 3.30. The van der Waals surface area contributed by atoms with Crippen LogP contribution in [0.2, 0.25) is 0 Å². The van der Waals surface area contributed by atoms with Crippen LogP contribution in [0.3, 0.4) is 0 Å². The van der Waals surface area contributed by atoms with Crippen LogP contribution < -0.4 is 0 Å². The van der Waals surface area contributed by atoms with E-state index in [2.05, 4.69) is 12.7 Å². The third-order valence-corrected chi connectivity index (χ3v) is 1.69. The van der Waals surface area contributed by atoms with E-state index in [9.17, 15) is 5.11 Å². The molecule has 0 aromatic heterocycles. The van der Waals surface area contributed by atoms with Gasteiger partial charge in [-0.2, -0.15) is 0 Å². The molecule has 0 saturated heterocycles. The number of hydrogen-bond donors (Lipinski definition) is 1. The first kappa shape index (κ1) is 6.56. The van der Waals surface area contributed by atoms with Crippen molar-refractivity contribution in [3.05, 3.63) is 24.8 Å². The molecule has 0 unspecified atom stereocenters. The maximum atomic E-state index is 9.21. The summed E-state index contributed by atoms with van der Waals surface area (Å²) in [6.45, 7) is 3.61. The largest absolute Gasteiger partial charge is 0.392 e. The second-order valence-corrected chi connectivity index (χ2v) is 2.42. The minimum Gasteiger partial charge on any atom is -0.392 e. The molecular weight excluding hydrogens is 112 g/mol. The van der Waals surface area contributed by atoms with Crippen molar-refractivity contribution in [2.45, 2.75) is 18.9 Å². The molecule has 9 heavy (non-hydrogen) atoms. The quantitative estimate of drug-likeness (QED) is 0.553. The Kier molecular flexibility index (Phi) is 2.06. The molecule has 2 atom stereocenters. The van der Waals surface area contributed by atoms with Crippen LogP contribution in [-0.4, -0.2) is 11.2 Å². The number of hydrogen-bond acceptors (Lipinski definition) is 1. The van der Waals surface area contributed by atoms with E-state index in [-0.39, 0.29) is 6.10 Å². The number of rotatable bonds is 2. The van der Waals surface area contributed by atoms with E-state index in [4.69, 9.17) is 0 Å². The first-order valence-electron chi connectivity index (χ1n) is 3.30. The number of aliphatic hydroxyl groups is 1. The summed E-state index contributed by atoms with van der Waals surface area (Å²) in [6, 6.07) is 0. The van der Waals surface area contributed by atoms with Gasteiger partial charge >= 0.3 is 0 Å². The molecule has 1 heteroatoms. The average molecular weight is 124 g/mol. The van der Waals surface area contributed by atoms with E-state index >= 15 is 0 Å². The van der Waals surface area contributed by atoms with Gasteiger partial charge in [0.2, 0.25) is 0 Å². The summed E-state index contributed by atoms with van der Waals surface area (Å²) >= 11 is 0. The highest BCUT2D eigenvalue weighted by atomic mass is 16.3. The molecule has 0 fully saturated rings. The Balaban J connectivity index is 2.39. The van der Waals surface area contributed by atoms with Crippen LogP contribution in [0.5, 0.6) is 0 Å². The van der Waals surface area contributed by atoms with Crippen LogP contribution in [0.1, 0.15) is 12.8 Å². The van der Waals surface area contributed by atoms with Crippen molar-refractivity contribution in [3.8, 4) is 0 Å². The highest BCUT2D eigenvalue weighted by molar-refractivity contribution is 5.03. The van der Waals surface area contributed by atoms with Gasteiger partial charge in [0, 0.05) is 5.92 Å². The van der Waals surface area contributed by atoms with Gasteiger partial charge in [-0.25, -0.2) is 0 Å². The molecule has 0 amide bonds. The lowest BCUT2D eigenvalue weighted by atomic mass is 10.0. The highest BCUT2D eigenvalue weighted by Gasteiger charge is 2.17. The lowest BCUT2D eigenvalue weighted by Crippen LogP contribution is -2.11. The number of aliphatic hydroxyl groups excluding tert-OH is 1. The standard InChI is InChI=1S/C8H12O/c1-2-4-7-5-3-6-8(7)9/h2-3,5,7-9H,1,4,6H2/t7-,8+/m0/s1. The summed E-state index contributed by atoms with van der Waals surface area (Å²) in [7, 11) is 0. The zero-order valence-electron chi connectivity index (χ0n) is 5.46. The van der Waals surface area contributed by atoms with Crippen molar-refractivity contribution in [2.24, 2.45) is 5.92 Å². The van der Waals surface area contributed by atoms with E-state index in [0.29, 0.717) is 5.92 Å². The zero-order valence-corrected chi connectivity index (χ0v) is 5.46. The van der Waals surface area contributed by atoms with Crippen LogP contribution in [-0.2, 0) is 0 Å². The third kappa shape index (κ3) is 1.42. The van der Waals surface area contributed by atoms with Crippen molar-refractivity contribution in [1.29, 1.82) is 0 Å². The summed E-state index contributed by atoms with van der Waals surface area (Å²) in [4.78, 5) is 0. The van der Waals surface area contributed by atoms with Crippen molar-refractivity contribution in [2.75, 3.05) is 0 Å². The molecular formula is C8H12O. The van der Waals surface area contributed by atoms with Gasteiger partial charge in [0.1, 0.15) is 0 Å². The second kappa shape index (κ2) is 2.83. The molecule has 0 aromatic rings. The SMILES string of the molecule is C=CC[C@H]1C=CC[C@H]1O. The minimum atomic E-state index is -0.150. The molecule has 1 rings (SSSR count). The molecule has 1 aliphatic rings. The van der Waals surface area contributed by atoms with Crippen LogP contribution in [0.4, 0.5) is 0 Å². The lowest BCUT2D eigenvalue weighted by Gasteiger charge is -2.09. The Hall–Kier alpha value is -0.560. The van der Waals surface area contributed by atoms with Crippen molar-refractivity contribution in [3.63, 3.8) is 0 Å². The monoisotopic (exact) mass is 124 g/mol. The molecule has 0 aromatic carbocycles. The second-order valence-electron chi connectivity index (χ2n) is 2.42. The van der Waals surface area contributed by atoms with E-state index in [1.807, 2.05) is 12.2 Å². The summed E-state index contributed by atoms with van der Waals surface area (Å²) in [5, 5.41) is 9.21. The van der Waals surface area contributed by atoms with Crippen molar-refractivity contribution >= 4 is 0 Å². The molecule has 0 spiro atoms. The number of allylic oxidation sites excluding steroid dienone is 1. The van der Waals surface area contributed by atoms with Crippen LogP contribution in [0.15, 0.2) is 24.8 Å². The topological polar surface area (TPSA) is 20.2 Å². The van der Waals surface area contributed by atoms with Gasteiger partial charge in [-0.1, -0.05) is 18.2 Å². The smallest absolute Gasteiger partial charge is 0.0640 e. The van der Waals surface area contributed by atoms with Crippen molar-refractivity contribution < 1.29 is 5.11 Å². The predicted molar refractivity (Wildman–Crippen MR) is 38.1 cm³/mol. The van der Waals surface area contributed by atoms with Gasteiger partial charge in [0.15, 0.2) is 0 Å². The summed E-state index contributed by atoms with van der Waals surface area (Å²) < 4.78 is 0. The van der Waals surface area contributed by atoms with E-state index in [1.54, 1.807) is 0 Å². The maximum absolute atomic E-state index is 9.21. The van der Waals surface area contributed by atoms with Gasteiger partial charge in [-0.3, -0.25) is 0 Å². The first-order chi connectivity index (χ1) is 4.34. The van der Waals surface area contributed by atoms with Gasteiger partial charge in [-0.05, 0) is 12.8 Å². The Morgan fingerprint density at radius 3 is 3.00 bits per heavy atom. The molecule has 0 radical (unpaired) electrons. The Morgan fingerprint density at radius 2 is 2.56 bits per heavy atom. The van der Waals surface area contributed by atoms with Crippen LogP contribution in [0, 0.1) is 5.92 Å². The normalized spacial score (nSPS) is 33.0. The fourth-order valence-corrected chi connectivity index (χ4v) is 1.12. The Labute approximate surface area is 55.7 Å². The molecule has 1 nitrogen and oxygen atoms in total. The van der Waals surface area contributed by atoms with Crippen molar-refractivity contribution in [1.82, 2.24) is 0 Å². The van der Waals surface area contributed by atoms with Gasteiger partial charge < -0.3 is 5.11 Å². The molecule has 50 valence electrons. The zero-order chi connectivity index (χ0) is 6.69. The molecule has 0 bridgehead atoms. The summed E-state index contributed by atoms with van der Waals surface area (Å²) in [5.41, 5.74) is 0. The highest BCUT2D eigenvalue weighted by Crippen LogP contribution is 2.20. The molecule has 0 aliphatic heterocycles. The summed E-state index contributed by atoms with van der Waals surface area (Å²) in [6.07, 6.45) is 7.51. The van der Waals surface area contributed by atoms with E-state index < -0.39 is 0 Å². The summed E-state index contributed by atoms with van der Waals surface area (Å²) in [5.74, 6) is 0.336. The lowest BCUT2D eigenvalue weighted by molar-refractivity contribution is 0.144. The third-order valence-electron chi connectivity index (χ3n) is 1.69. The Morgan fingerprint density at radius 1 is 1.78 bits per heavy atom. The Bertz CT molecular complexity index is 127. The molecule has 1 N–H and O–H groups in total. The minimum absolute atomic E-state index is 0.150. The van der Waals surface area contributed by atoms with Gasteiger partial charge in [0.25, 0.3) is 0 Å². The predicted octanol–water partition coefficient (Wildman–Crippen LogP) is 1.50. The molecule has 0 saturated carbocycles. The fraction of sp³-hybridized carbons (Fsp3) is 0.500. The maximum Gasteiger partial charge on any atom is 0.0640 e.